The van der Waals surface area contributed by atoms with E-state index in [9.17, 15) is 14.4 Å². The molecule has 12 heteroatoms. The fraction of sp³-hybridized carbons (Fsp3) is 0.500. The largest absolute Gasteiger partial charge is 0.350 e. The summed E-state index contributed by atoms with van der Waals surface area (Å²) >= 11 is 0. The van der Waals surface area contributed by atoms with Crippen LogP contribution in [0.2, 0.25) is 0 Å². The van der Waals surface area contributed by atoms with Crippen LogP contribution in [-0.4, -0.2) is 86.4 Å². The molecular formula is C42H51FN8O3. The lowest BCUT2D eigenvalue weighted by Gasteiger charge is -2.48. The monoisotopic (exact) mass is 734 g/mol. The summed E-state index contributed by atoms with van der Waals surface area (Å²) in [5.74, 6) is -0.147. The quantitative estimate of drug-likeness (QED) is 0.207. The summed E-state index contributed by atoms with van der Waals surface area (Å²) < 4.78 is 17.6. The average molecular weight is 735 g/mol. The van der Waals surface area contributed by atoms with Crippen LogP contribution >= 0.6 is 0 Å². The lowest BCUT2D eigenvalue weighted by molar-refractivity contribution is -0.134. The highest BCUT2D eigenvalue weighted by Crippen LogP contribution is 2.52. The maximum absolute atomic E-state index is 15.6. The Morgan fingerprint density at radius 2 is 1.74 bits per heavy atom. The van der Waals surface area contributed by atoms with Gasteiger partial charge in [-0.3, -0.25) is 14.4 Å². The van der Waals surface area contributed by atoms with Gasteiger partial charge in [0.15, 0.2) is 5.82 Å². The van der Waals surface area contributed by atoms with Crippen molar-refractivity contribution in [3.05, 3.63) is 65.2 Å². The summed E-state index contributed by atoms with van der Waals surface area (Å²) in [7, 11) is 0. The summed E-state index contributed by atoms with van der Waals surface area (Å²) in [6, 6.07) is 11.6. The zero-order chi connectivity index (χ0) is 37.9. The van der Waals surface area contributed by atoms with Crippen molar-refractivity contribution < 1.29 is 18.8 Å². The predicted molar refractivity (Wildman–Crippen MR) is 209 cm³/mol. The first-order chi connectivity index (χ1) is 26.0. The highest BCUT2D eigenvalue weighted by Gasteiger charge is 2.55. The summed E-state index contributed by atoms with van der Waals surface area (Å²) in [5.41, 5.74) is 5.24. The number of carbonyl (C=O) groups excluding carboxylic acids is 3. The molecule has 54 heavy (non-hydrogen) atoms. The second-order valence-electron chi connectivity index (χ2n) is 16.0. The van der Waals surface area contributed by atoms with Crippen molar-refractivity contribution in [2.24, 2.45) is 0 Å². The molecule has 3 fully saturated rings. The van der Waals surface area contributed by atoms with Gasteiger partial charge in [0, 0.05) is 61.5 Å². The smallest absolute Gasteiger partial charge is 0.251 e. The van der Waals surface area contributed by atoms with Crippen molar-refractivity contribution in [1.82, 2.24) is 29.7 Å². The number of fused-ring (bicyclic) bond motifs is 3. The second kappa shape index (κ2) is 14.1. The number of hydrogen-bond donors (Lipinski definition) is 2. The molecule has 4 aromatic rings. The lowest BCUT2D eigenvalue weighted by atomic mass is 9.73. The molecule has 0 radical (unpaired) electrons. The number of pyridine rings is 1. The number of hydrogen-bond acceptors (Lipinski definition) is 7. The molecule has 4 aliphatic rings. The van der Waals surface area contributed by atoms with Crippen LogP contribution in [-0.2, 0) is 21.5 Å². The molecular weight excluding hydrogens is 684 g/mol. The number of imidazole rings is 1. The third-order valence-electron chi connectivity index (χ3n) is 12.3. The molecule has 0 bridgehead atoms. The van der Waals surface area contributed by atoms with Crippen LogP contribution in [0.3, 0.4) is 0 Å². The standard InChI is InChI=1S/C42H51FN8O3/c1-6-48-24-44-36-23-34(46-39(38(36)48)47-35-22-31(26(4)18-33(35)43)40(53)45-25(2)3)28-10-11-32-37(19-28)51(30-20-29(21-30)50-14-8-7-9-15-50)41(54)42(32)12-16-49(17-13-42)27(5)52/h10-11,18-19,22-25,29-30H,6-9,12-17,20-21H2,1-5H3,(H,45,53)(H,46,47). The minimum absolute atomic E-state index is 0.0445. The van der Waals surface area contributed by atoms with Crippen LogP contribution in [0.4, 0.5) is 21.6 Å². The van der Waals surface area contributed by atoms with E-state index in [1.807, 2.05) is 42.4 Å². The number of amides is 3. The van der Waals surface area contributed by atoms with E-state index in [4.69, 9.17) is 9.97 Å². The minimum Gasteiger partial charge on any atom is -0.350 e. The molecule has 1 saturated carbocycles. The first-order valence-electron chi connectivity index (χ1n) is 19.7. The number of nitrogens with zero attached hydrogens (tertiary/aromatic N) is 6. The normalized spacial score (nSPS) is 21.1. The summed E-state index contributed by atoms with van der Waals surface area (Å²) in [4.78, 5) is 56.4. The molecule has 3 aliphatic heterocycles. The Kier molecular flexibility index (Phi) is 9.44. The fourth-order valence-corrected chi connectivity index (χ4v) is 9.20. The topological polar surface area (TPSA) is 116 Å². The average Bonchev–Trinajstić information content (AvgIpc) is 3.65. The SMILES string of the molecule is CCn1cnc2cc(-c3ccc4c(c3)N(C3CC(N5CCCCC5)C3)C(=O)C43CCN(C(C)=O)CC3)nc(Nc3cc(C(=O)NC(C)C)c(C)cc3F)c21. The highest BCUT2D eigenvalue weighted by atomic mass is 19.1. The van der Waals surface area contributed by atoms with Gasteiger partial charge < -0.3 is 29.9 Å². The lowest BCUT2D eigenvalue weighted by Crippen LogP contribution is -2.58. The number of rotatable bonds is 8. The van der Waals surface area contributed by atoms with Crippen LogP contribution in [0.25, 0.3) is 22.3 Å². The molecule has 0 atom stereocenters. The van der Waals surface area contributed by atoms with Gasteiger partial charge in [-0.15, -0.1) is 0 Å². The van der Waals surface area contributed by atoms with Gasteiger partial charge >= 0.3 is 0 Å². The molecule has 5 heterocycles. The Bertz CT molecular complexity index is 2130. The maximum Gasteiger partial charge on any atom is 0.251 e. The molecule has 3 amide bonds. The minimum atomic E-state index is -0.664. The third kappa shape index (κ3) is 6.21. The first-order valence-corrected chi connectivity index (χ1v) is 19.7. The number of halogens is 1. The Hall–Kier alpha value is -4.84. The van der Waals surface area contributed by atoms with E-state index >= 15 is 4.39 Å². The Morgan fingerprint density at radius 1 is 1.00 bits per heavy atom. The predicted octanol–water partition coefficient (Wildman–Crippen LogP) is 6.69. The number of anilines is 3. The summed E-state index contributed by atoms with van der Waals surface area (Å²) in [5, 5.41) is 6.14. The summed E-state index contributed by atoms with van der Waals surface area (Å²) in [6.45, 7) is 13.1. The van der Waals surface area contributed by atoms with Gasteiger partial charge in [-0.1, -0.05) is 18.6 Å². The van der Waals surface area contributed by atoms with Crippen molar-refractivity contribution >= 4 is 45.9 Å². The van der Waals surface area contributed by atoms with Crippen LogP contribution in [0, 0.1) is 12.7 Å². The van der Waals surface area contributed by atoms with Crippen molar-refractivity contribution in [3.63, 3.8) is 0 Å². The number of piperidine rings is 2. The number of benzene rings is 2. The molecule has 1 aliphatic carbocycles. The van der Waals surface area contributed by atoms with Gasteiger partial charge in [0.05, 0.1) is 28.6 Å². The Balaban J connectivity index is 1.18. The Morgan fingerprint density at radius 3 is 2.43 bits per heavy atom. The van der Waals surface area contributed by atoms with Gasteiger partial charge in [0.2, 0.25) is 11.8 Å². The zero-order valence-electron chi connectivity index (χ0n) is 32.0. The van der Waals surface area contributed by atoms with Crippen LogP contribution in [0.5, 0.6) is 0 Å². The van der Waals surface area contributed by atoms with Crippen molar-refractivity contribution in [2.75, 3.05) is 36.4 Å². The van der Waals surface area contributed by atoms with Crippen LogP contribution in [0.15, 0.2) is 42.7 Å². The molecule has 2 N–H and O–H groups in total. The molecule has 11 nitrogen and oxygen atoms in total. The van der Waals surface area contributed by atoms with Crippen molar-refractivity contribution in [1.29, 1.82) is 0 Å². The molecule has 2 saturated heterocycles. The van der Waals surface area contributed by atoms with Crippen molar-refractivity contribution in [2.45, 2.75) is 110 Å². The van der Waals surface area contributed by atoms with E-state index in [1.54, 1.807) is 26.2 Å². The number of likely N-dealkylation sites (tertiary alicyclic amines) is 2. The van der Waals surface area contributed by atoms with Crippen LogP contribution < -0.4 is 15.5 Å². The van der Waals surface area contributed by atoms with Gasteiger partial charge in [0.25, 0.3) is 5.91 Å². The first kappa shape index (κ1) is 36.2. The maximum atomic E-state index is 15.6. The highest BCUT2D eigenvalue weighted by molar-refractivity contribution is 6.09. The van der Waals surface area contributed by atoms with Gasteiger partial charge in [-0.05, 0) is 115 Å². The number of carbonyl (C=O) groups is 3. The molecule has 284 valence electrons. The van der Waals surface area contributed by atoms with Crippen molar-refractivity contribution in [3.8, 4) is 11.3 Å². The number of aryl methyl sites for hydroxylation is 2. The third-order valence-corrected chi connectivity index (χ3v) is 12.3. The zero-order valence-corrected chi connectivity index (χ0v) is 32.0. The van der Waals surface area contributed by atoms with E-state index in [0.29, 0.717) is 66.7 Å². The molecule has 2 aromatic heterocycles. The van der Waals surface area contributed by atoms with E-state index in [-0.39, 0.29) is 35.5 Å². The number of aromatic nitrogens is 3. The molecule has 8 rings (SSSR count). The van der Waals surface area contributed by atoms with E-state index < -0.39 is 11.2 Å². The van der Waals surface area contributed by atoms with E-state index in [1.165, 1.54) is 25.3 Å². The fourth-order valence-electron chi connectivity index (χ4n) is 9.20. The molecule has 1 spiro atoms. The molecule has 0 unspecified atom stereocenters. The van der Waals surface area contributed by atoms with Gasteiger partial charge in [-0.2, -0.15) is 0 Å². The number of nitrogens with one attached hydrogen (secondary N) is 2. The molecule has 2 aromatic carbocycles. The van der Waals surface area contributed by atoms with Gasteiger partial charge in [0.1, 0.15) is 11.3 Å². The van der Waals surface area contributed by atoms with Gasteiger partial charge in [-0.25, -0.2) is 14.4 Å². The Labute approximate surface area is 316 Å². The van der Waals surface area contributed by atoms with Crippen LogP contribution in [0.1, 0.15) is 94.1 Å². The summed E-state index contributed by atoms with van der Waals surface area (Å²) in [6.07, 6.45) is 8.63. The van der Waals surface area contributed by atoms with E-state index in [2.05, 4.69) is 32.6 Å². The van der Waals surface area contributed by atoms with E-state index in [0.717, 1.165) is 48.3 Å². The second-order valence-corrected chi connectivity index (χ2v) is 16.0.